The Morgan fingerprint density at radius 2 is 2.00 bits per heavy atom. The summed E-state index contributed by atoms with van der Waals surface area (Å²) < 4.78 is 0. The summed E-state index contributed by atoms with van der Waals surface area (Å²) in [5, 5.41) is 0.931. The summed E-state index contributed by atoms with van der Waals surface area (Å²) in [6.07, 6.45) is 0.876. The van der Waals surface area contributed by atoms with Gasteiger partial charge in [0.15, 0.2) is 0 Å². The van der Waals surface area contributed by atoms with Crippen molar-refractivity contribution in [2.24, 2.45) is 0 Å². The first-order valence-corrected chi connectivity index (χ1v) is 4.42. The fraction of sp³-hybridized carbons (Fsp3) is 0.222. The van der Waals surface area contributed by atoms with E-state index in [0.29, 0.717) is 0 Å². The summed E-state index contributed by atoms with van der Waals surface area (Å²) in [6, 6.07) is 8.44. The summed E-state index contributed by atoms with van der Waals surface area (Å²) in [5.74, 6) is 0. The van der Waals surface area contributed by atoms with Gasteiger partial charge in [-0.3, -0.25) is 0 Å². The molecule has 1 radical (unpaired) electrons. The van der Waals surface area contributed by atoms with Gasteiger partial charge >= 0.3 is 0 Å². The second kappa shape index (κ2) is 3.77. The minimum atomic E-state index is 0.876. The molecule has 0 saturated heterocycles. The van der Waals surface area contributed by atoms with Crippen LogP contribution in [0.2, 0.25) is 0 Å². The molecule has 0 saturated carbocycles. The second-order valence-corrected chi connectivity index (χ2v) is 2.76. The Labute approximate surface area is 70.4 Å². The molecule has 0 unspecified atom stereocenters. The van der Waals surface area contributed by atoms with Crippen molar-refractivity contribution >= 4 is 15.9 Å². The van der Waals surface area contributed by atoms with Crippen molar-refractivity contribution in [3.8, 4) is 0 Å². The number of hydrogen-bond donors (Lipinski definition) is 0. The summed E-state index contributed by atoms with van der Waals surface area (Å²) >= 11 is 3.40. The summed E-state index contributed by atoms with van der Waals surface area (Å²) in [6.45, 7) is 3.82. The Bertz CT molecular complexity index is 186. The summed E-state index contributed by atoms with van der Waals surface area (Å²) in [4.78, 5) is 0. The van der Waals surface area contributed by atoms with Crippen LogP contribution in [0.15, 0.2) is 24.3 Å². The molecule has 1 heteroatoms. The molecule has 53 valence electrons. The van der Waals surface area contributed by atoms with Crippen molar-refractivity contribution in [2.75, 3.05) is 0 Å². The van der Waals surface area contributed by atoms with E-state index in [4.69, 9.17) is 0 Å². The molecule has 0 atom stereocenters. The van der Waals surface area contributed by atoms with Gasteiger partial charge in [0, 0.05) is 5.33 Å². The Balaban J connectivity index is 2.87. The lowest BCUT2D eigenvalue weighted by Crippen LogP contribution is -1.82. The first-order chi connectivity index (χ1) is 4.86. The molecule has 0 fully saturated rings. The molecule has 0 N–H and O–H groups in total. The van der Waals surface area contributed by atoms with Gasteiger partial charge in [-0.15, -0.1) is 0 Å². The van der Waals surface area contributed by atoms with Crippen LogP contribution in [0.4, 0.5) is 0 Å². The topological polar surface area (TPSA) is 0 Å². The van der Waals surface area contributed by atoms with Crippen molar-refractivity contribution in [3.05, 3.63) is 42.3 Å². The van der Waals surface area contributed by atoms with Crippen molar-refractivity contribution in [1.29, 1.82) is 0 Å². The van der Waals surface area contributed by atoms with Crippen LogP contribution >= 0.6 is 15.9 Å². The number of alkyl halides is 1. The van der Waals surface area contributed by atoms with Gasteiger partial charge in [0.2, 0.25) is 0 Å². The van der Waals surface area contributed by atoms with E-state index in [1.165, 1.54) is 11.1 Å². The Morgan fingerprint density at radius 1 is 1.30 bits per heavy atom. The van der Waals surface area contributed by atoms with Gasteiger partial charge in [-0.05, 0) is 24.5 Å². The average Bonchev–Trinajstić information content (AvgIpc) is 2.05. The number of benzene rings is 1. The molecule has 0 aromatic heterocycles. The molecule has 0 amide bonds. The quantitative estimate of drug-likeness (QED) is 0.641. The molecule has 0 bridgehead atoms. The number of hydrogen-bond acceptors (Lipinski definition) is 0. The molecule has 1 rings (SSSR count). The standard InChI is InChI=1S/C9H10Br/c1-2-8-4-3-5-9(6-8)7-10/h3-6H,1-2,7H2. The van der Waals surface area contributed by atoms with Crippen molar-refractivity contribution in [3.63, 3.8) is 0 Å². The van der Waals surface area contributed by atoms with E-state index in [-0.39, 0.29) is 0 Å². The third kappa shape index (κ3) is 1.84. The van der Waals surface area contributed by atoms with Gasteiger partial charge in [-0.1, -0.05) is 40.2 Å². The zero-order valence-corrected chi connectivity index (χ0v) is 7.39. The van der Waals surface area contributed by atoms with E-state index >= 15 is 0 Å². The van der Waals surface area contributed by atoms with Crippen molar-refractivity contribution in [2.45, 2.75) is 11.8 Å². The van der Waals surface area contributed by atoms with Crippen LogP contribution in [0.3, 0.4) is 0 Å². The Morgan fingerprint density at radius 3 is 2.60 bits per heavy atom. The number of halogens is 1. The predicted octanol–water partition coefficient (Wildman–Crippen LogP) is 2.96. The van der Waals surface area contributed by atoms with Gasteiger partial charge in [-0.2, -0.15) is 0 Å². The third-order valence-electron chi connectivity index (χ3n) is 1.43. The molecule has 10 heavy (non-hydrogen) atoms. The van der Waals surface area contributed by atoms with Crippen LogP contribution in [0.25, 0.3) is 0 Å². The highest BCUT2D eigenvalue weighted by Gasteiger charge is 1.90. The maximum Gasteiger partial charge on any atom is 0.0283 e. The maximum absolute atomic E-state index is 3.82. The first kappa shape index (κ1) is 7.80. The van der Waals surface area contributed by atoms with Gasteiger partial charge in [0.1, 0.15) is 0 Å². The number of rotatable bonds is 2. The highest BCUT2D eigenvalue weighted by molar-refractivity contribution is 9.08. The van der Waals surface area contributed by atoms with Crippen LogP contribution in [0.1, 0.15) is 11.1 Å². The lowest BCUT2D eigenvalue weighted by atomic mass is 10.1. The Kier molecular flexibility index (Phi) is 2.94. The van der Waals surface area contributed by atoms with Crippen molar-refractivity contribution in [1.82, 2.24) is 0 Å². The van der Waals surface area contributed by atoms with Gasteiger partial charge in [-0.25, -0.2) is 0 Å². The second-order valence-electron chi connectivity index (χ2n) is 2.20. The SMILES string of the molecule is [CH2]Cc1cccc(CBr)c1. The van der Waals surface area contributed by atoms with E-state index in [9.17, 15) is 0 Å². The minimum Gasteiger partial charge on any atom is -0.0876 e. The van der Waals surface area contributed by atoms with Crippen LogP contribution in [0.5, 0.6) is 0 Å². The molecule has 1 aromatic carbocycles. The van der Waals surface area contributed by atoms with Crippen molar-refractivity contribution < 1.29 is 0 Å². The lowest BCUT2D eigenvalue weighted by molar-refractivity contribution is 1.24. The zero-order valence-electron chi connectivity index (χ0n) is 5.81. The van der Waals surface area contributed by atoms with Crippen LogP contribution in [-0.2, 0) is 11.8 Å². The molecule has 0 aliphatic heterocycles. The van der Waals surface area contributed by atoms with E-state index in [2.05, 4.69) is 47.1 Å². The monoisotopic (exact) mass is 197 g/mol. The molecule has 0 nitrogen and oxygen atoms in total. The fourth-order valence-electron chi connectivity index (χ4n) is 0.868. The smallest absolute Gasteiger partial charge is 0.0283 e. The van der Waals surface area contributed by atoms with E-state index in [1.54, 1.807) is 0 Å². The third-order valence-corrected chi connectivity index (χ3v) is 2.08. The molecular formula is C9H10Br. The van der Waals surface area contributed by atoms with Gasteiger partial charge in [0.05, 0.1) is 0 Å². The molecule has 0 spiro atoms. The summed E-state index contributed by atoms with van der Waals surface area (Å²) in [5.41, 5.74) is 2.62. The van der Waals surface area contributed by atoms with Gasteiger partial charge in [0.25, 0.3) is 0 Å². The fourth-order valence-corrected chi connectivity index (χ4v) is 1.22. The molecule has 1 aromatic rings. The first-order valence-electron chi connectivity index (χ1n) is 3.30. The molecule has 0 aliphatic rings. The highest BCUT2D eigenvalue weighted by atomic mass is 79.9. The molecule has 0 aliphatic carbocycles. The zero-order chi connectivity index (χ0) is 7.40. The average molecular weight is 198 g/mol. The molecule has 0 heterocycles. The van der Waals surface area contributed by atoms with Crippen LogP contribution < -0.4 is 0 Å². The highest BCUT2D eigenvalue weighted by Crippen LogP contribution is 2.08. The largest absolute Gasteiger partial charge is 0.0876 e. The predicted molar refractivity (Wildman–Crippen MR) is 48.1 cm³/mol. The van der Waals surface area contributed by atoms with Crippen LogP contribution in [-0.4, -0.2) is 0 Å². The lowest BCUT2D eigenvalue weighted by Gasteiger charge is -1.97. The Hall–Kier alpha value is -0.300. The maximum atomic E-state index is 3.82. The minimum absolute atomic E-state index is 0.876. The normalized spacial score (nSPS) is 9.80. The molecular weight excluding hydrogens is 188 g/mol. The van der Waals surface area contributed by atoms with E-state index < -0.39 is 0 Å². The van der Waals surface area contributed by atoms with Crippen LogP contribution in [0, 0.1) is 6.92 Å². The van der Waals surface area contributed by atoms with Gasteiger partial charge < -0.3 is 0 Å². The van der Waals surface area contributed by atoms with E-state index in [0.717, 1.165) is 11.8 Å². The summed E-state index contributed by atoms with van der Waals surface area (Å²) in [7, 11) is 0. The van der Waals surface area contributed by atoms with E-state index in [1.807, 2.05) is 0 Å².